The number of methoxy groups -OCH3 is 2. The number of likely N-dealkylation sites (tertiary alicyclic amines) is 1. The van der Waals surface area contributed by atoms with E-state index in [0.29, 0.717) is 36.1 Å². The Morgan fingerprint density at radius 3 is 2.31 bits per heavy atom. The molecule has 1 aromatic carbocycles. The molecule has 2 aliphatic rings. The van der Waals surface area contributed by atoms with E-state index in [1.807, 2.05) is 11.0 Å². The van der Waals surface area contributed by atoms with Gasteiger partial charge in [-0.3, -0.25) is 9.59 Å². The van der Waals surface area contributed by atoms with Crippen molar-refractivity contribution in [3.63, 3.8) is 0 Å². The molecule has 6 nitrogen and oxygen atoms in total. The summed E-state index contributed by atoms with van der Waals surface area (Å²) in [7, 11) is 3.12. The molecule has 6 heteroatoms. The van der Waals surface area contributed by atoms with E-state index in [9.17, 15) is 9.59 Å². The van der Waals surface area contributed by atoms with Crippen LogP contribution < -0.4 is 14.8 Å². The van der Waals surface area contributed by atoms with E-state index < -0.39 is 0 Å². The number of allylic oxidation sites excluding steroid dienone is 1. The second kappa shape index (κ2) is 9.81. The van der Waals surface area contributed by atoms with E-state index >= 15 is 0 Å². The van der Waals surface area contributed by atoms with Crippen LogP contribution in [0.3, 0.4) is 0 Å². The smallest absolute Gasteiger partial charge is 0.251 e. The van der Waals surface area contributed by atoms with Gasteiger partial charge in [0.1, 0.15) is 0 Å². The molecule has 2 fully saturated rings. The molecule has 0 atom stereocenters. The highest BCUT2D eigenvalue weighted by Gasteiger charge is 2.25. The first kappa shape index (κ1) is 21.2. The molecule has 0 spiro atoms. The summed E-state index contributed by atoms with van der Waals surface area (Å²) in [6.45, 7) is 3.43. The van der Waals surface area contributed by atoms with Crippen LogP contribution in [-0.4, -0.2) is 50.1 Å². The quantitative estimate of drug-likeness (QED) is 0.742. The van der Waals surface area contributed by atoms with Crippen LogP contribution in [0, 0.1) is 5.92 Å². The van der Waals surface area contributed by atoms with Crippen LogP contribution in [0.25, 0.3) is 0 Å². The van der Waals surface area contributed by atoms with Crippen molar-refractivity contribution in [3.05, 3.63) is 35.4 Å². The maximum Gasteiger partial charge on any atom is 0.251 e. The van der Waals surface area contributed by atoms with Gasteiger partial charge in [0.25, 0.3) is 5.91 Å². The molecule has 1 saturated heterocycles. The van der Waals surface area contributed by atoms with Gasteiger partial charge >= 0.3 is 0 Å². The van der Waals surface area contributed by atoms with Crippen molar-refractivity contribution in [1.82, 2.24) is 10.2 Å². The Hall–Kier alpha value is -2.50. The first-order valence-corrected chi connectivity index (χ1v) is 10.5. The fourth-order valence-electron chi connectivity index (χ4n) is 4.28. The molecule has 1 heterocycles. The molecule has 1 saturated carbocycles. The molecular formula is C23H32N2O4. The third-order valence-corrected chi connectivity index (χ3v) is 6.14. The fraction of sp³-hybridized carbons (Fsp3) is 0.565. The van der Waals surface area contributed by atoms with E-state index in [2.05, 4.69) is 12.2 Å². The Bertz CT molecular complexity index is 760. The van der Waals surface area contributed by atoms with Crippen molar-refractivity contribution < 1.29 is 19.1 Å². The Kier molecular flexibility index (Phi) is 7.18. The fourth-order valence-corrected chi connectivity index (χ4v) is 4.28. The van der Waals surface area contributed by atoms with Gasteiger partial charge in [-0.05, 0) is 56.7 Å². The first-order chi connectivity index (χ1) is 14.0. The summed E-state index contributed by atoms with van der Waals surface area (Å²) in [4.78, 5) is 27.1. The number of carbonyl (C=O) groups is 2. The van der Waals surface area contributed by atoms with Gasteiger partial charge in [0.2, 0.25) is 5.91 Å². The highest BCUT2D eigenvalue weighted by Crippen LogP contribution is 2.31. The molecule has 0 radical (unpaired) electrons. The summed E-state index contributed by atoms with van der Waals surface area (Å²) in [5.41, 5.74) is 1.76. The summed E-state index contributed by atoms with van der Waals surface area (Å²) in [6.07, 6.45) is 8.32. The molecule has 0 bridgehead atoms. The lowest BCUT2D eigenvalue weighted by atomic mass is 9.98. The summed E-state index contributed by atoms with van der Waals surface area (Å²) in [6, 6.07) is 5.21. The molecule has 158 valence electrons. The number of benzene rings is 1. The van der Waals surface area contributed by atoms with Gasteiger partial charge in [0.15, 0.2) is 11.5 Å². The lowest BCUT2D eigenvalue weighted by Crippen LogP contribution is -2.46. The number of nitrogens with one attached hydrogen (secondary N) is 1. The minimum atomic E-state index is -0.132. The minimum absolute atomic E-state index is 0.0690. The van der Waals surface area contributed by atoms with Crippen LogP contribution in [0.15, 0.2) is 29.8 Å². The van der Waals surface area contributed by atoms with E-state index in [1.165, 1.54) is 31.3 Å². The Labute approximate surface area is 173 Å². The van der Waals surface area contributed by atoms with E-state index in [4.69, 9.17) is 9.47 Å². The monoisotopic (exact) mass is 400 g/mol. The highest BCUT2D eigenvalue weighted by molar-refractivity contribution is 5.95. The second-order valence-electron chi connectivity index (χ2n) is 8.01. The van der Waals surface area contributed by atoms with Crippen LogP contribution in [0.5, 0.6) is 11.5 Å². The average Bonchev–Trinajstić information content (AvgIpc) is 3.28. The lowest BCUT2D eigenvalue weighted by molar-refractivity contribution is -0.127. The maximum absolute atomic E-state index is 12.6. The predicted octanol–water partition coefficient (Wildman–Crippen LogP) is 3.56. The standard InChI is InChI=1S/C23H32N2O4/c1-16(17-6-4-5-7-17)14-22(26)25-12-10-19(11-13-25)24-23(27)18-8-9-20(28-2)21(15-18)29-3/h8-9,14-15,17,19H,4-7,10-13H2,1-3H3,(H,24,27)/b16-14+. The largest absolute Gasteiger partial charge is 0.493 e. The zero-order valence-corrected chi connectivity index (χ0v) is 17.7. The van der Waals surface area contributed by atoms with Crippen molar-refractivity contribution >= 4 is 11.8 Å². The Morgan fingerprint density at radius 1 is 1.03 bits per heavy atom. The zero-order valence-electron chi connectivity index (χ0n) is 17.7. The van der Waals surface area contributed by atoms with Crippen molar-refractivity contribution in [1.29, 1.82) is 0 Å². The third kappa shape index (κ3) is 5.31. The molecular weight excluding hydrogens is 368 g/mol. The highest BCUT2D eigenvalue weighted by atomic mass is 16.5. The normalized spacial score (nSPS) is 18.6. The van der Waals surface area contributed by atoms with Crippen LogP contribution in [0.1, 0.15) is 55.8 Å². The SMILES string of the molecule is COc1ccc(C(=O)NC2CCN(C(=O)/C=C(\C)C3CCCC3)CC2)cc1OC. The number of hydrogen-bond donors (Lipinski definition) is 1. The number of carbonyl (C=O) groups excluding carboxylic acids is 2. The predicted molar refractivity (Wildman–Crippen MR) is 112 cm³/mol. The number of piperidine rings is 1. The number of ether oxygens (including phenoxy) is 2. The van der Waals surface area contributed by atoms with Gasteiger partial charge < -0.3 is 19.7 Å². The second-order valence-corrected chi connectivity index (χ2v) is 8.01. The van der Waals surface area contributed by atoms with E-state index in [-0.39, 0.29) is 17.9 Å². The Morgan fingerprint density at radius 2 is 1.69 bits per heavy atom. The third-order valence-electron chi connectivity index (χ3n) is 6.14. The molecule has 0 unspecified atom stereocenters. The molecule has 0 aromatic heterocycles. The van der Waals surface area contributed by atoms with Gasteiger partial charge in [0.05, 0.1) is 14.2 Å². The minimum Gasteiger partial charge on any atom is -0.493 e. The summed E-state index contributed by atoms with van der Waals surface area (Å²) in [5, 5.41) is 3.08. The molecule has 1 aliphatic heterocycles. The molecule has 1 N–H and O–H groups in total. The Balaban J connectivity index is 1.51. The van der Waals surface area contributed by atoms with Gasteiger partial charge in [-0.15, -0.1) is 0 Å². The number of amides is 2. The molecule has 29 heavy (non-hydrogen) atoms. The summed E-state index contributed by atoms with van der Waals surface area (Å²) < 4.78 is 10.5. The first-order valence-electron chi connectivity index (χ1n) is 10.5. The topological polar surface area (TPSA) is 67.9 Å². The average molecular weight is 401 g/mol. The van der Waals surface area contributed by atoms with Crippen molar-refractivity contribution in [2.75, 3.05) is 27.3 Å². The lowest BCUT2D eigenvalue weighted by Gasteiger charge is -2.32. The van der Waals surface area contributed by atoms with Crippen molar-refractivity contribution in [3.8, 4) is 11.5 Å². The number of nitrogens with zero attached hydrogens (tertiary/aromatic N) is 1. The molecule has 3 rings (SSSR count). The molecule has 2 amide bonds. The van der Waals surface area contributed by atoms with E-state index in [1.54, 1.807) is 32.4 Å². The van der Waals surface area contributed by atoms with Gasteiger partial charge in [0, 0.05) is 30.8 Å². The van der Waals surface area contributed by atoms with Gasteiger partial charge in [-0.1, -0.05) is 18.4 Å². The van der Waals surface area contributed by atoms with Crippen LogP contribution in [-0.2, 0) is 4.79 Å². The maximum atomic E-state index is 12.6. The summed E-state index contributed by atoms with van der Waals surface area (Å²) >= 11 is 0. The zero-order chi connectivity index (χ0) is 20.8. The molecule has 1 aliphatic carbocycles. The van der Waals surface area contributed by atoms with Crippen molar-refractivity contribution in [2.45, 2.75) is 51.5 Å². The molecule has 1 aromatic rings. The van der Waals surface area contributed by atoms with Crippen LogP contribution >= 0.6 is 0 Å². The van der Waals surface area contributed by atoms with E-state index in [0.717, 1.165) is 12.8 Å². The van der Waals surface area contributed by atoms with Gasteiger partial charge in [-0.25, -0.2) is 0 Å². The van der Waals surface area contributed by atoms with Crippen LogP contribution in [0.2, 0.25) is 0 Å². The number of rotatable bonds is 6. The number of hydrogen-bond acceptors (Lipinski definition) is 4. The van der Waals surface area contributed by atoms with Gasteiger partial charge in [-0.2, -0.15) is 0 Å². The summed E-state index contributed by atoms with van der Waals surface area (Å²) in [5.74, 6) is 1.69. The van der Waals surface area contributed by atoms with Crippen molar-refractivity contribution in [2.24, 2.45) is 5.92 Å². The van der Waals surface area contributed by atoms with Crippen LogP contribution in [0.4, 0.5) is 0 Å².